The fourth-order valence-electron chi connectivity index (χ4n) is 2.37. The highest BCUT2D eigenvalue weighted by Gasteiger charge is 2.50. The van der Waals surface area contributed by atoms with Crippen LogP contribution in [0.25, 0.3) is 0 Å². The molecule has 1 aliphatic rings. The number of amides is 1. The van der Waals surface area contributed by atoms with E-state index in [1.54, 1.807) is 18.2 Å². The Bertz CT molecular complexity index is 623. The van der Waals surface area contributed by atoms with Gasteiger partial charge in [0.2, 0.25) is 0 Å². The van der Waals surface area contributed by atoms with E-state index < -0.39 is 11.7 Å². The highest BCUT2D eigenvalue weighted by Crippen LogP contribution is 2.37. The molecule has 6 nitrogen and oxygen atoms in total. The molecule has 0 bridgehead atoms. The third-order valence-electron chi connectivity index (χ3n) is 4.32. The van der Waals surface area contributed by atoms with Crippen molar-refractivity contribution in [3.63, 3.8) is 0 Å². The van der Waals surface area contributed by atoms with Gasteiger partial charge in [-0.15, -0.1) is 0 Å². The predicted molar refractivity (Wildman–Crippen MR) is 102 cm³/mol. The van der Waals surface area contributed by atoms with Gasteiger partial charge in [0.1, 0.15) is 11.4 Å². The van der Waals surface area contributed by atoms with Gasteiger partial charge in [0.05, 0.1) is 29.6 Å². The van der Waals surface area contributed by atoms with Gasteiger partial charge in [-0.25, -0.2) is 4.79 Å². The molecule has 1 aromatic carbocycles. The number of rotatable bonds is 5. The average molecular weight is 362 g/mol. The molecule has 0 atom stereocenters. The zero-order valence-corrected chi connectivity index (χ0v) is 16.8. The quantitative estimate of drug-likeness (QED) is 0.791. The van der Waals surface area contributed by atoms with Gasteiger partial charge in [-0.2, -0.15) is 0 Å². The Morgan fingerprint density at radius 2 is 1.81 bits per heavy atom. The molecule has 0 aliphatic carbocycles. The van der Waals surface area contributed by atoms with E-state index in [0.29, 0.717) is 24.4 Å². The molecule has 1 amide bonds. The molecule has 143 valence electrons. The summed E-state index contributed by atoms with van der Waals surface area (Å²) in [6, 6.07) is 8.30. The summed E-state index contributed by atoms with van der Waals surface area (Å²) in [7, 11) is -0.303. The number of carbonyl (C=O) groups excluding carboxylic acids is 1. The van der Waals surface area contributed by atoms with E-state index >= 15 is 0 Å². The third kappa shape index (κ3) is 5.64. The minimum absolute atomic E-state index is 0.303. The molecule has 1 fully saturated rings. The van der Waals surface area contributed by atoms with E-state index in [1.165, 1.54) is 0 Å². The largest absolute Gasteiger partial charge is 0.493 e. The molecule has 7 heteroatoms. The van der Waals surface area contributed by atoms with E-state index in [0.717, 1.165) is 0 Å². The van der Waals surface area contributed by atoms with Gasteiger partial charge < -0.3 is 18.8 Å². The lowest BCUT2D eigenvalue weighted by atomic mass is 9.86. The Morgan fingerprint density at radius 1 is 1.19 bits per heavy atom. The second-order valence-electron chi connectivity index (χ2n) is 8.38. The first-order valence-electron chi connectivity index (χ1n) is 8.89. The first-order valence-corrected chi connectivity index (χ1v) is 8.89. The predicted octanol–water partition coefficient (Wildman–Crippen LogP) is 4.30. The summed E-state index contributed by atoms with van der Waals surface area (Å²) in [5.41, 5.74) is -0.754. The molecule has 0 unspecified atom stereocenters. The molecule has 1 aliphatic heterocycles. The van der Waals surface area contributed by atoms with Gasteiger partial charge in [0.15, 0.2) is 0 Å². The van der Waals surface area contributed by atoms with Gasteiger partial charge in [-0.1, -0.05) is 6.07 Å². The van der Waals surface area contributed by atoms with Crippen molar-refractivity contribution in [2.75, 3.05) is 11.9 Å². The first-order chi connectivity index (χ1) is 11.9. The summed E-state index contributed by atoms with van der Waals surface area (Å²) >= 11 is 0. The van der Waals surface area contributed by atoms with Crippen molar-refractivity contribution >= 4 is 18.9 Å². The van der Waals surface area contributed by atoms with Gasteiger partial charge >= 0.3 is 13.2 Å². The van der Waals surface area contributed by atoms with Crippen molar-refractivity contribution in [1.29, 1.82) is 0 Å². The molecule has 1 saturated heterocycles. The van der Waals surface area contributed by atoms with Crippen LogP contribution in [0.5, 0.6) is 5.75 Å². The maximum absolute atomic E-state index is 11.8. The van der Waals surface area contributed by atoms with Crippen molar-refractivity contribution in [2.24, 2.45) is 0 Å². The highest BCUT2D eigenvalue weighted by atomic mass is 16.7. The number of ether oxygens (including phenoxy) is 2. The number of carbonyl (C=O) groups is 1. The van der Waals surface area contributed by atoms with Crippen LogP contribution in [0, 0.1) is 6.07 Å². The molecular formula is C19H29BNO5. The standard InChI is InChI=1S/C19H29BNO5/c1-17(2,3)24-16(22)21-14-9-8-10-15(13-14)23-12-11-20-25-18(4,5)19(6,7)26-20/h8-10H,11-12H2,1-7H3,(H,21,22). The second kappa shape index (κ2) is 7.49. The van der Waals surface area contributed by atoms with Crippen molar-refractivity contribution < 1.29 is 23.6 Å². The van der Waals surface area contributed by atoms with Gasteiger partial charge in [0.25, 0.3) is 0 Å². The van der Waals surface area contributed by atoms with E-state index in [1.807, 2.05) is 48.5 Å². The summed E-state index contributed by atoms with van der Waals surface area (Å²) in [4.78, 5) is 11.8. The lowest BCUT2D eigenvalue weighted by molar-refractivity contribution is 0.00578. The lowest BCUT2D eigenvalue weighted by Gasteiger charge is -2.32. The molecule has 1 N–H and O–H groups in total. The first kappa shape index (κ1) is 20.6. The number of hydrogen-bond acceptors (Lipinski definition) is 5. The zero-order chi connectivity index (χ0) is 19.6. The van der Waals surface area contributed by atoms with Gasteiger partial charge in [0, 0.05) is 6.32 Å². The van der Waals surface area contributed by atoms with Crippen molar-refractivity contribution in [1.82, 2.24) is 0 Å². The third-order valence-corrected chi connectivity index (χ3v) is 4.32. The molecular weight excluding hydrogens is 333 g/mol. The second-order valence-corrected chi connectivity index (χ2v) is 8.38. The van der Waals surface area contributed by atoms with Crippen LogP contribution in [0.4, 0.5) is 10.5 Å². The van der Waals surface area contributed by atoms with Crippen molar-refractivity contribution in [3.8, 4) is 5.75 Å². The zero-order valence-electron chi connectivity index (χ0n) is 16.8. The highest BCUT2D eigenvalue weighted by molar-refractivity contribution is 6.45. The summed E-state index contributed by atoms with van der Waals surface area (Å²) in [5, 5.41) is 2.65. The number of benzene rings is 1. The SMILES string of the molecule is CC(C)(C)OC(=O)Nc1[c]c(OCCB2OC(C)(C)C(C)(C)O2)ccc1. The summed E-state index contributed by atoms with van der Waals surface area (Å²) in [5.74, 6) is 0.537. The number of nitrogens with one attached hydrogen (secondary N) is 1. The Hall–Kier alpha value is -1.73. The topological polar surface area (TPSA) is 66.0 Å². The van der Waals surface area contributed by atoms with Crippen LogP contribution in [-0.2, 0) is 14.0 Å². The van der Waals surface area contributed by atoms with Crippen LogP contribution >= 0.6 is 0 Å². The number of anilines is 1. The molecule has 1 radical (unpaired) electrons. The Kier molecular flexibility index (Phi) is 5.93. The normalized spacial score (nSPS) is 18.5. The fourth-order valence-corrected chi connectivity index (χ4v) is 2.37. The van der Waals surface area contributed by atoms with Crippen LogP contribution in [-0.4, -0.2) is 36.6 Å². The van der Waals surface area contributed by atoms with Gasteiger partial charge in [-0.3, -0.25) is 5.32 Å². The smallest absolute Gasteiger partial charge is 0.461 e. The van der Waals surface area contributed by atoms with Crippen LogP contribution < -0.4 is 10.1 Å². The van der Waals surface area contributed by atoms with E-state index in [-0.39, 0.29) is 18.3 Å². The van der Waals surface area contributed by atoms with Crippen LogP contribution in [0.3, 0.4) is 0 Å². The molecule has 1 heterocycles. The average Bonchev–Trinajstić information content (AvgIpc) is 2.64. The van der Waals surface area contributed by atoms with E-state index in [4.69, 9.17) is 18.8 Å². The van der Waals surface area contributed by atoms with Crippen LogP contribution in [0.2, 0.25) is 6.32 Å². The van der Waals surface area contributed by atoms with Crippen LogP contribution in [0.1, 0.15) is 48.5 Å². The summed E-state index contributed by atoms with van der Waals surface area (Å²) in [6.07, 6.45) is 0.0767. The monoisotopic (exact) mass is 362 g/mol. The Labute approximate surface area is 156 Å². The maximum atomic E-state index is 11.8. The lowest BCUT2D eigenvalue weighted by Crippen LogP contribution is -2.41. The Morgan fingerprint density at radius 3 is 2.38 bits per heavy atom. The molecule has 0 saturated carbocycles. The Balaban J connectivity index is 1.83. The fraction of sp³-hybridized carbons (Fsp3) is 0.632. The molecule has 1 aromatic rings. The van der Waals surface area contributed by atoms with Gasteiger partial charge in [-0.05, 0) is 60.6 Å². The van der Waals surface area contributed by atoms with E-state index in [2.05, 4.69) is 11.4 Å². The summed E-state index contributed by atoms with van der Waals surface area (Å²) < 4.78 is 22.8. The van der Waals surface area contributed by atoms with Crippen molar-refractivity contribution in [2.45, 2.75) is 71.6 Å². The minimum atomic E-state index is -0.555. The maximum Gasteiger partial charge on any atom is 0.461 e. The van der Waals surface area contributed by atoms with Crippen molar-refractivity contribution in [3.05, 3.63) is 24.3 Å². The molecule has 0 spiro atoms. The molecule has 0 aromatic heterocycles. The molecule has 2 rings (SSSR count). The summed E-state index contributed by atoms with van der Waals surface area (Å²) in [6.45, 7) is 13.9. The molecule has 26 heavy (non-hydrogen) atoms. The van der Waals surface area contributed by atoms with Crippen LogP contribution in [0.15, 0.2) is 18.2 Å². The minimum Gasteiger partial charge on any atom is -0.493 e. The van der Waals surface area contributed by atoms with E-state index in [9.17, 15) is 4.79 Å². The number of hydrogen-bond donors (Lipinski definition) is 1.